The number of hydrogen-bond acceptors (Lipinski definition) is 5. The van der Waals surface area contributed by atoms with Crippen molar-refractivity contribution < 1.29 is 14.6 Å². The molecule has 6 nitrogen and oxygen atoms in total. The number of carbonyl (C=O) groups is 1. The first kappa shape index (κ1) is 13.0. The highest BCUT2D eigenvalue weighted by molar-refractivity contribution is 5.85. The third-order valence-electron chi connectivity index (χ3n) is 3.34. The number of aliphatic hydroxyl groups is 1. The third-order valence-corrected chi connectivity index (χ3v) is 3.34. The fourth-order valence-electron chi connectivity index (χ4n) is 2.36. The van der Waals surface area contributed by atoms with E-state index in [1.807, 2.05) is 20.9 Å². The Morgan fingerprint density at radius 2 is 2.33 bits per heavy atom. The molecule has 1 N–H and O–H groups in total. The molecule has 0 radical (unpaired) electrons. The van der Waals surface area contributed by atoms with E-state index in [4.69, 9.17) is 4.74 Å². The zero-order valence-electron chi connectivity index (χ0n) is 11.0. The number of anilines is 1. The third kappa shape index (κ3) is 2.13. The molecular weight excluding hydrogens is 234 g/mol. The normalized spacial score (nSPS) is 24.3. The van der Waals surface area contributed by atoms with Crippen LogP contribution in [0.15, 0.2) is 0 Å². The minimum absolute atomic E-state index is 0.0174. The first-order chi connectivity index (χ1) is 8.58. The van der Waals surface area contributed by atoms with Crippen LogP contribution in [0.3, 0.4) is 0 Å². The molecule has 0 bridgehead atoms. The van der Waals surface area contributed by atoms with Gasteiger partial charge in [0.1, 0.15) is 5.82 Å². The molecule has 1 fully saturated rings. The van der Waals surface area contributed by atoms with Gasteiger partial charge in [-0.05, 0) is 13.8 Å². The molecule has 100 valence electrons. The van der Waals surface area contributed by atoms with Crippen molar-refractivity contribution in [3.63, 3.8) is 0 Å². The monoisotopic (exact) mass is 253 g/mol. The van der Waals surface area contributed by atoms with Crippen molar-refractivity contribution in [2.45, 2.75) is 26.0 Å². The van der Waals surface area contributed by atoms with E-state index in [0.29, 0.717) is 18.7 Å². The van der Waals surface area contributed by atoms with Crippen LogP contribution in [0.1, 0.15) is 23.0 Å². The number of carbonyl (C=O) groups excluding carboxylic acids is 1. The van der Waals surface area contributed by atoms with E-state index >= 15 is 0 Å². The lowest BCUT2D eigenvalue weighted by atomic mass is 10.1. The molecule has 1 aliphatic rings. The lowest BCUT2D eigenvalue weighted by Gasteiger charge is -2.38. The van der Waals surface area contributed by atoms with Gasteiger partial charge in [0.15, 0.2) is 6.29 Å². The number of rotatable bonds is 3. The largest absolute Gasteiger partial charge is 0.394 e. The summed E-state index contributed by atoms with van der Waals surface area (Å²) in [6.45, 7) is 4.94. The van der Waals surface area contributed by atoms with Crippen LogP contribution in [-0.2, 0) is 11.8 Å². The Kier molecular flexibility index (Phi) is 3.68. The average molecular weight is 253 g/mol. The number of aryl methyl sites for hydroxylation is 2. The van der Waals surface area contributed by atoms with E-state index < -0.39 is 0 Å². The molecular formula is C12H19N3O3. The van der Waals surface area contributed by atoms with Crippen molar-refractivity contribution in [2.75, 3.05) is 24.7 Å². The van der Waals surface area contributed by atoms with Crippen LogP contribution in [0.2, 0.25) is 0 Å². The molecule has 1 aromatic heterocycles. The van der Waals surface area contributed by atoms with Gasteiger partial charge in [-0.3, -0.25) is 9.48 Å². The molecule has 2 atom stereocenters. The topological polar surface area (TPSA) is 67.6 Å². The maximum Gasteiger partial charge on any atom is 0.155 e. The van der Waals surface area contributed by atoms with E-state index in [1.54, 1.807) is 4.68 Å². The highest BCUT2D eigenvalue weighted by Crippen LogP contribution is 2.26. The summed E-state index contributed by atoms with van der Waals surface area (Å²) in [4.78, 5) is 13.3. The molecule has 6 heteroatoms. The summed E-state index contributed by atoms with van der Waals surface area (Å²) in [5, 5.41) is 13.5. The number of aldehydes is 1. The predicted octanol–water partition coefficient (Wildman–Crippen LogP) is 0.127. The summed E-state index contributed by atoms with van der Waals surface area (Å²) in [5.41, 5.74) is 1.34. The zero-order valence-corrected chi connectivity index (χ0v) is 11.0. The standard InChI is InChI=1S/C12H19N3O3/c1-8-7-18-10(5-16)4-15(8)12-11(6-17)9(2)13-14(12)3/h6,8,10,16H,4-5,7H2,1-3H3. The lowest BCUT2D eigenvalue weighted by Crippen LogP contribution is -2.50. The Morgan fingerprint density at radius 1 is 1.61 bits per heavy atom. The Bertz CT molecular complexity index is 444. The Labute approximate surface area is 106 Å². The summed E-state index contributed by atoms with van der Waals surface area (Å²) >= 11 is 0. The van der Waals surface area contributed by atoms with Gasteiger partial charge in [-0.2, -0.15) is 5.10 Å². The van der Waals surface area contributed by atoms with Crippen molar-refractivity contribution in [3.05, 3.63) is 11.3 Å². The highest BCUT2D eigenvalue weighted by atomic mass is 16.5. The number of aromatic nitrogens is 2. The van der Waals surface area contributed by atoms with Crippen LogP contribution < -0.4 is 4.90 Å². The molecule has 0 amide bonds. The highest BCUT2D eigenvalue weighted by Gasteiger charge is 2.30. The average Bonchev–Trinajstić information content (AvgIpc) is 2.64. The van der Waals surface area contributed by atoms with Crippen LogP contribution in [0.4, 0.5) is 5.82 Å². The quantitative estimate of drug-likeness (QED) is 0.775. The summed E-state index contributed by atoms with van der Waals surface area (Å²) in [7, 11) is 1.82. The van der Waals surface area contributed by atoms with Gasteiger partial charge >= 0.3 is 0 Å². The molecule has 2 heterocycles. The number of morpholine rings is 1. The summed E-state index contributed by atoms with van der Waals surface area (Å²) in [6.07, 6.45) is 0.629. The predicted molar refractivity (Wildman–Crippen MR) is 67.0 cm³/mol. The maximum absolute atomic E-state index is 11.2. The summed E-state index contributed by atoms with van der Waals surface area (Å²) in [5.74, 6) is 0.803. The first-order valence-electron chi connectivity index (χ1n) is 6.06. The molecule has 1 aliphatic heterocycles. The van der Waals surface area contributed by atoms with Gasteiger partial charge < -0.3 is 14.7 Å². The summed E-state index contributed by atoms with van der Waals surface area (Å²) in [6, 6.07) is 0.154. The molecule has 0 aromatic carbocycles. The second kappa shape index (κ2) is 5.07. The van der Waals surface area contributed by atoms with Gasteiger partial charge in [0.05, 0.1) is 36.6 Å². The van der Waals surface area contributed by atoms with Crippen LogP contribution in [-0.4, -0.2) is 53.1 Å². The maximum atomic E-state index is 11.2. The van der Waals surface area contributed by atoms with Crippen molar-refractivity contribution in [2.24, 2.45) is 7.05 Å². The fraction of sp³-hybridized carbons (Fsp3) is 0.667. The van der Waals surface area contributed by atoms with E-state index in [0.717, 1.165) is 17.8 Å². The van der Waals surface area contributed by atoms with E-state index in [2.05, 4.69) is 10.00 Å². The van der Waals surface area contributed by atoms with Gasteiger partial charge in [0.25, 0.3) is 0 Å². The smallest absolute Gasteiger partial charge is 0.155 e. The van der Waals surface area contributed by atoms with Crippen molar-refractivity contribution in [1.82, 2.24) is 9.78 Å². The number of nitrogens with zero attached hydrogens (tertiary/aromatic N) is 3. The molecule has 2 rings (SSSR count). The Balaban J connectivity index is 2.37. The molecule has 1 aromatic rings. The minimum Gasteiger partial charge on any atom is -0.394 e. The molecule has 0 aliphatic carbocycles. The molecule has 0 saturated carbocycles. The van der Waals surface area contributed by atoms with Crippen LogP contribution in [0, 0.1) is 6.92 Å². The van der Waals surface area contributed by atoms with Gasteiger partial charge in [0, 0.05) is 13.6 Å². The van der Waals surface area contributed by atoms with Crippen LogP contribution in [0.25, 0.3) is 0 Å². The van der Waals surface area contributed by atoms with Gasteiger partial charge in [-0.25, -0.2) is 0 Å². The van der Waals surface area contributed by atoms with Gasteiger partial charge in [-0.1, -0.05) is 0 Å². The van der Waals surface area contributed by atoms with Gasteiger partial charge in [0.2, 0.25) is 0 Å². The second-order valence-electron chi connectivity index (χ2n) is 4.70. The molecule has 18 heavy (non-hydrogen) atoms. The van der Waals surface area contributed by atoms with E-state index in [9.17, 15) is 9.90 Å². The molecule has 0 spiro atoms. The SMILES string of the molecule is Cc1nn(C)c(N2CC(CO)OCC2C)c1C=O. The molecule has 1 saturated heterocycles. The van der Waals surface area contributed by atoms with Gasteiger partial charge in [-0.15, -0.1) is 0 Å². The molecule has 2 unspecified atom stereocenters. The van der Waals surface area contributed by atoms with E-state index in [-0.39, 0.29) is 18.8 Å². The lowest BCUT2D eigenvalue weighted by molar-refractivity contribution is -0.0108. The number of hydrogen-bond donors (Lipinski definition) is 1. The Morgan fingerprint density at radius 3 is 2.94 bits per heavy atom. The van der Waals surface area contributed by atoms with Crippen molar-refractivity contribution in [1.29, 1.82) is 0 Å². The van der Waals surface area contributed by atoms with Crippen molar-refractivity contribution in [3.8, 4) is 0 Å². The van der Waals surface area contributed by atoms with E-state index in [1.165, 1.54) is 0 Å². The minimum atomic E-state index is -0.212. The Hall–Kier alpha value is -1.40. The zero-order chi connectivity index (χ0) is 13.3. The van der Waals surface area contributed by atoms with Crippen LogP contribution in [0.5, 0.6) is 0 Å². The number of aliphatic hydroxyl groups excluding tert-OH is 1. The number of ether oxygens (including phenoxy) is 1. The van der Waals surface area contributed by atoms with Crippen molar-refractivity contribution >= 4 is 12.1 Å². The fourth-order valence-corrected chi connectivity index (χ4v) is 2.36. The first-order valence-corrected chi connectivity index (χ1v) is 6.06. The second-order valence-corrected chi connectivity index (χ2v) is 4.70. The van der Waals surface area contributed by atoms with Crippen LogP contribution >= 0.6 is 0 Å². The summed E-state index contributed by atoms with van der Waals surface area (Å²) < 4.78 is 7.22.